The molecule has 1 aromatic carbocycles. The van der Waals surface area contributed by atoms with Crippen LogP contribution < -0.4 is 5.32 Å². The topological polar surface area (TPSA) is 81.9 Å². The van der Waals surface area contributed by atoms with Gasteiger partial charge in [0.25, 0.3) is 0 Å². The van der Waals surface area contributed by atoms with E-state index < -0.39 is 0 Å². The predicted molar refractivity (Wildman–Crippen MR) is 119 cm³/mol. The van der Waals surface area contributed by atoms with Gasteiger partial charge in [0.15, 0.2) is 11.0 Å². The Bertz CT molecular complexity index is 944. The molecule has 7 nitrogen and oxygen atoms in total. The largest absolute Gasteiger partial charge is 0.382 e. The number of aromatic nitrogens is 4. The van der Waals surface area contributed by atoms with Gasteiger partial charge in [-0.1, -0.05) is 29.5 Å². The highest BCUT2D eigenvalue weighted by Gasteiger charge is 2.21. The first kappa shape index (κ1) is 22.0. The number of nitrogens with one attached hydrogen (secondary N) is 1. The molecule has 8 heteroatoms. The van der Waals surface area contributed by atoms with E-state index in [0.29, 0.717) is 24.9 Å². The third-order valence-electron chi connectivity index (χ3n) is 4.50. The molecule has 30 heavy (non-hydrogen) atoms. The van der Waals surface area contributed by atoms with Crippen LogP contribution in [0.4, 0.5) is 5.69 Å². The summed E-state index contributed by atoms with van der Waals surface area (Å²) in [5.74, 6) is 0.695. The van der Waals surface area contributed by atoms with Crippen molar-refractivity contribution in [3.05, 3.63) is 54.4 Å². The van der Waals surface area contributed by atoms with Gasteiger partial charge in [0, 0.05) is 43.4 Å². The van der Waals surface area contributed by atoms with E-state index in [-0.39, 0.29) is 11.2 Å². The van der Waals surface area contributed by atoms with E-state index in [0.717, 1.165) is 29.1 Å². The molecule has 2 aromatic heterocycles. The van der Waals surface area contributed by atoms with Crippen LogP contribution in [0.5, 0.6) is 0 Å². The zero-order chi connectivity index (χ0) is 21.3. The van der Waals surface area contributed by atoms with Crippen LogP contribution >= 0.6 is 11.8 Å². The lowest BCUT2D eigenvalue weighted by molar-refractivity contribution is -0.115. The monoisotopic (exact) mass is 425 g/mol. The van der Waals surface area contributed by atoms with Gasteiger partial charge in [-0.25, -0.2) is 0 Å². The number of pyridine rings is 1. The Hall–Kier alpha value is -2.71. The number of hydrogen-bond acceptors (Lipinski definition) is 6. The molecule has 0 spiro atoms. The van der Waals surface area contributed by atoms with Crippen LogP contribution in [0.2, 0.25) is 0 Å². The molecule has 0 saturated carbocycles. The molecular formula is C22H27N5O2S. The Balaban J connectivity index is 1.74. The van der Waals surface area contributed by atoms with E-state index in [9.17, 15) is 4.79 Å². The molecule has 158 valence electrons. The molecule has 0 aliphatic carbocycles. The third kappa shape index (κ3) is 5.90. The summed E-state index contributed by atoms with van der Waals surface area (Å²) < 4.78 is 7.53. The molecule has 0 aliphatic rings. The smallest absolute Gasteiger partial charge is 0.237 e. The number of hydrogen-bond donors (Lipinski definition) is 1. The predicted octanol–water partition coefficient (Wildman–Crippen LogP) is 4.19. The molecule has 2 heterocycles. The van der Waals surface area contributed by atoms with E-state index in [1.165, 1.54) is 11.8 Å². The average molecular weight is 426 g/mol. The first-order valence-corrected chi connectivity index (χ1v) is 10.9. The normalized spacial score (nSPS) is 12.0. The van der Waals surface area contributed by atoms with Crippen LogP contribution in [-0.4, -0.2) is 44.1 Å². The third-order valence-corrected chi connectivity index (χ3v) is 5.58. The minimum atomic E-state index is -0.327. The van der Waals surface area contributed by atoms with Crippen molar-refractivity contribution in [2.75, 3.05) is 18.5 Å². The zero-order valence-corrected chi connectivity index (χ0v) is 18.4. The Morgan fingerprint density at radius 3 is 2.60 bits per heavy atom. The molecule has 3 rings (SSSR count). The van der Waals surface area contributed by atoms with Crippen molar-refractivity contribution >= 4 is 23.4 Å². The number of amides is 1. The van der Waals surface area contributed by atoms with Crippen molar-refractivity contribution in [3.8, 4) is 11.4 Å². The van der Waals surface area contributed by atoms with Gasteiger partial charge in [-0.2, -0.15) is 0 Å². The maximum absolute atomic E-state index is 12.7. The lowest BCUT2D eigenvalue weighted by atomic mass is 10.2. The molecule has 0 fully saturated rings. The minimum absolute atomic E-state index is 0.0711. The number of anilines is 1. The van der Waals surface area contributed by atoms with E-state index in [4.69, 9.17) is 4.74 Å². The molecule has 0 unspecified atom stereocenters. The Kier molecular flexibility index (Phi) is 7.98. The molecule has 0 radical (unpaired) electrons. The number of thioether (sulfide) groups is 1. The minimum Gasteiger partial charge on any atom is -0.382 e. The van der Waals surface area contributed by atoms with Gasteiger partial charge in [0.2, 0.25) is 5.91 Å². The molecule has 1 N–H and O–H groups in total. The quantitative estimate of drug-likeness (QED) is 0.387. The maximum atomic E-state index is 12.7. The molecular weight excluding hydrogens is 398 g/mol. The van der Waals surface area contributed by atoms with Gasteiger partial charge < -0.3 is 14.6 Å². The highest BCUT2D eigenvalue weighted by atomic mass is 32.2. The highest BCUT2D eigenvalue weighted by molar-refractivity contribution is 8.00. The lowest BCUT2D eigenvalue weighted by Gasteiger charge is -2.14. The summed E-state index contributed by atoms with van der Waals surface area (Å²) in [4.78, 5) is 16.7. The van der Waals surface area contributed by atoms with E-state index >= 15 is 0 Å². The van der Waals surface area contributed by atoms with Gasteiger partial charge in [-0.3, -0.25) is 9.78 Å². The number of benzene rings is 1. The summed E-state index contributed by atoms with van der Waals surface area (Å²) >= 11 is 1.40. The van der Waals surface area contributed by atoms with Crippen LogP contribution in [-0.2, 0) is 16.1 Å². The average Bonchev–Trinajstić information content (AvgIpc) is 3.15. The van der Waals surface area contributed by atoms with Gasteiger partial charge in [0.1, 0.15) is 0 Å². The van der Waals surface area contributed by atoms with E-state index in [1.54, 1.807) is 12.4 Å². The van der Waals surface area contributed by atoms with Gasteiger partial charge in [0.05, 0.1) is 5.25 Å². The van der Waals surface area contributed by atoms with Crippen LogP contribution in [0, 0.1) is 6.92 Å². The molecule has 1 atom stereocenters. The van der Waals surface area contributed by atoms with Crippen molar-refractivity contribution < 1.29 is 9.53 Å². The van der Waals surface area contributed by atoms with Crippen LogP contribution in [0.15, 0.2) is 53.9 Å². The summed E-state index contributed by atoms with van der Waals surface area (Å²) in [6.45, 7) is 7.94. The fourth-order valence-electron chi connectivity index (χ4n) is 2.85. The van der Waals surface area contributed by atoms with Crippen molar-refractivity contribution in [3.63, 3.8) is 0 Å². The molecule has 3 aromatic rings. The van der Waals surface area contributed by atoms with Gasteiger partial charge >= 0.3 is 0 Å². The Morgan fingerprint density at radius 2 is 1.90 bits per heavy atom. The number of carbonyl (C=O) groups excluding carboxylic acids is 1. The molecule has 1 amide bonds. The number of ether oxygens (including phenoxy) is 1. The van der Waals surface area contributed by atoms with Crippen molar-refractivity contribution in [1.82, 2.24) is 19.7 Å². The Morgan fingerprint density at radius 1 is 1.17 bits per heavy atom. The fourth-order valence-corrected chi connectivity index (χ4v) is 3.73. The second-order valence-electron chi connectivity index (χ2n) is 6.86. The molecule has 0 bridgehead atoms. The summed E-state index contributed by atoms with van der Waals surface area (Å²) in [6, 6.07) is 11.6. The van der Waals surface area contributed by atoms with Crippen LogP contribution in [0.3, 0.4) is 0 Å². The van der Waals surface area contributed by atoms with Crippen LogP contribution in [0.25, 0.3) is 11.4 Å². The fraction of sp³-hybridized carbons (Fsp3) is 0.364. The standard InChI is InChI=1S/C22H27N5O2S/c1-4-29-15-5-14-27-20(18-10-12-23-13-11-18)25-26-22(27)30-17(3)21(28)24-19-8-6-16(2)7-9-19/h6-13,17H,4-5,14-15H2,1-3H3,(H,24,28)/t17-/m0/s1. The summed E-state index contributed by atoms with van der Waals surface area (Å²) in [6.07, 6.45) is 4.31. The Labute approximate surface area is 181 Å². The van der Waals surface area contributed by atoms with Crippen LogP contribution in [0.1, 0.15) is 25.8 Å². The second-order valence-corrected chi connectivity index (χ2v) is 8.17. The van der Waals surface area contributed by atoms with Gasteiger partial charge in [-0.15, -0.1) is 10.2 Å². The maximum Gasteiger partial charge on any atom is 0.237 e. The molecule has 0 aliphatic heterocycles. The van der Waals surface area contributed by atoms with Crippen molar-refractivity contribution in [2.45, 2.75) is 44.1 Å². The lowest BCUT2D eigenvalue weighted by Crippen LogP contribution is -2.23. The number of carbonyl (C=O) groups is 1. The number of rotatable bonds is 10. The first-order chi connectivity index (χ1) is 14.6. The molecule has 0 saturated heterocycles. The van der Waals surface area contributed by atoms with Crippen molar-refractivity contribution in [2.24, 2.45) is 0 Å². The zero-order valence-electron chi connectivity index (χ0n) is 17.5. The second kappa shape index (κ2) is 10.9. The van der Waals surface area contributed by atoms with E-state index in [1.807, 2.05) is 57.2 Å². The summed E-state index contributed by atoms with van der Waals surface area (Å²) in [5, 5.41) is 12.1. The first-order valence-electron chi connectivity index (χ1n) is 10.0. The van der Waals surface area contributed by atoms with E-state index in [2.05, 4.69) is 25.1 Å². The summed E-state index contributed by atoms with van der Waals surface area (Å²) in [7, 11) is 0. The summed E-state index contributed by atoms with van der Waals surface area (Å²) in [5.41, 5.74) is 2.88. The number of nitrogens with zero attached hydrogens (tertiary/aromatic N) is 4. The van der Waals surface area contributed by atoms with Gasteiger partial charge in [-0.05, 0) is 51.5 Å². The number of aryl methyl sites for hydroxylation is 1. The highest BCUT2D eigenvalue weighted by Crippen LogP contribution is 2.27. The SMILES string of the molecule is CCOCCCn1c(S[C@@H](C)C(=O)Nc2ccc(C)cc2)nnc1-c1ccncc1. The van der Waals surface area contributed by atoms with Crippen molar-refractivity contribution in [1.29, 1.82) is 0 Å².